The Balaban J connectivity index is 1.84. The third kappa shape index (κ3) is 2.57. The molecule has 0 atom stereocenters. The number of aryl methyl sites for hydroxylation is 1. The van der Waals surface area contributed by atoms with Crippen molar-refractivity contribution in [2.75, 3.05) is 11.1 Å². The van der Waals surface area contributed by atoms with Gasteiger partial charge in [-0.15, -0.1) is 0 Å². The fourth-order valence-electron chi connectivity index (χ4n) is 1.63. The molecule has 3 N–H and O–H groups in total. The second kappa shape index (κ2) is 5.22. The molecule has 0 saturated heterocycles. The number of nitrogens with two attached hydrogens (primary N) is 1. The molecule has 0 spiro atoms. The Kier molecular flexibility index (Phi) is 3.26. The number of anilines is 3. The minimum absolute atomic E-state index is 0.575. The standard InChI is InChI=1S/C13H12N6S/c1-8-3-2-6-15-11(8)17-13-18-12(19-20-13)10-5-4-9(14)7-16-10/h2-7H,14H2,1H3,(H,15,17,18,19). The second-order valence-electron chi connectivity index (χ2n) is 4.19. The number of rotatable bonds is 3. The zero-order valence-electron chi connectivity index (χ0n) is 10.7. The van der Waals surface area contributed by atoms with Crippen molar-refractivity contribution in [2.45, 2.75) is 6.92 Å². The molecular weight excluding hydrogens is 272 g/mol. The van der Waals surface area contributed by atoms with Crippen molar-refractivity contribution in [3.63, 3.8) is 0 Å². The highest BCUT2D eigenvalue weighted by molar-refractivity contribution is 7.09. The van der Waals surface area contributed by atoms with Crippen molar-refractivity contribution in [1.29, 1.82) is 0 Å². The summed E-state index contributed by atoms with van der Waals surface area (Å²) in [5, 5.41) is 3.84. The number of hydrogen-bond acceptors (Lipinski definition) is 7. The molecule has 0 radical (unpaired) electrons. The van der Waals surface area contributed by atoms with Gasteiger partial charge >= 0.3 is 0 Å². The maximum atomic E-state index is 5.61. The number of nitrogens with one attached hydrogen (secondary N) is 1. The van der Waals surface area contributed by atoms with E-state index in [9.17, 15) is 0 Å². The predicted octanol–water partition coefficient (Wildman–Crippen LogP) is 2.63. The lowest BCUT2D eigenvalue weighted by atomic mass is 10.3. The van der Waals surface area contributed by atoms with E-state index in [-0.39, 0.29) is 0 Å². The molecule has 0 aliphatic heterocycles. The summed E-state index contributed by atoms with van der Waals surface area (Å²) in [4.78, 5) is 12.9. The Morgan fingerprint density at radius 3 is 2.85 bits per heavy atom. The second-order valence-corrected chi connectivity index (χ2v) is 4.95. The lowest BCUT2D eigenvalue weighted by Gasteiger charge is -2.03. The third-order valence-corrected chi connectivity index (χ3v) is 3.31. The van der Waals surface area contributed by atoms with E-state index in [0.717, 1.165) is 11.4 Å². The molecule has 3 rings (SSSR count). The highest BCUT2D eigenvalue weighted by Crippen LogP contribution is 2.23. The first kappa shape index (κ1) is 12.5. The van der Waals surface area contributed by atoms with Crippen LogP contribution in [0.25, 0.3) is 11.5 Å². The maximum Gasteiger partial charge on any atom is 0.208 e. The molecule has 0 fully saturated rings. The topological polar surface area (TPSA) is 89.6 Å². The molecular formula is C13H12N6S. The van der Waals surface area contributed by atoms with Crippen LogP contribution >= 0.6 is 11.5 Å². The van der Waals surface area contributed by atoms with E-state index in [1.807, 2.05) is 19.1 Å². The van der Waals surface area contributed by atoms with Crippen molar-refractivity contribution in [1.82, 2.24) is 19.3 Å². The van der Waals surface area contributed by atoms with Crippen LogP contribution in [0.2, 0.25) is 0 Å². The molecule has 7 heteroatoms. The van der Waals surface area contributed by atoms with Crippen molar-refractivity contribution < 1.29 is 0 Å². The van der Waals surface area contributed by atoms with Gasteiger partial charge in [0.2, 0.25) is 5.13 Å². The van der Waals surface area contributed by atoms with Gasteiger partial charge in [-0.25, -0.2) is 4.98 Å². The van der Waals surface area contributed by atoms with Crippen LogP contribution in [0, 0.1) is 6.92 Å². The van der Waals surface area contributed by atoms with Crippen LogP contribution in [-0.4, -0.2) is 19.3 Å². The van der Waals surface area contributed by atoms with Gasteiger partial charge in [0.25, 0.3) is 0 Å². The lowest BCUT2D eigenvalue weighted by Crippen LogP contribution is -1.95. The van der Waals surface area contributed by atoms with E-state index in [4.69, 9.17) is 5.73 Å². The minimum atomic E-state index is 0.575. The number of pyridine rings is 2. The van der Waals surface area contributed by atoms with Gasteiger partial charge in [0.15, 0.2) is 5.82 Å². The maximum absolute atomic E-state index is 5.61. The van der Waals surface area contributed by atoms with E-state index in [1.165, 1.54) is 11.5 Å². The fraction of sp³-hybridized carbons (Fsp3) is 0.0769. The van der Waals surface area contributed by atoms with Crippen molar-refractivity contribution in [2.24, 2.45) is 0 Å². The summed E-state index contributed by atoms with van der Waals surface area (Å²) in [5.74, 6) is 1.35. The highest BCUT2D eigenvalue weighted by atomic mass is 32.1. The summed E-state index contributed by atoms with van der Waals surface area (Å²) in [6, 6.07) is 7.45. The average Bonchev–Trinajstić information content (AvgIpc) is 2.91. The minimum Gasteiger partial charge on any atom is -0.397 e. The van der Waals surface area contributed by atoms with Gasteiger partial charge in [-0.3, -0.25) is 4.98 Å². The van der Waals surface area contributed by atoms with Gasteiger partial charge in [-0.1, -0.05) is 6.07 Å². The SMILES string of the molecule is Cc1cccnc1Nc1nc(-c2ccc(N)cn2)ns1. The van der Waals surface area contributed by atoms with Crippen LogP contribution in [0.5, 0.6) is 0 Å². The number of nitrogens with zero attached hydrogens (tertiary/aromatic N) is 4. The third-order valence-electron chi connectivity index (χ3n) is 2.68. The molecule has 0 aliphatic carbocycles. The summed E-state index contributed by atoms with van der Waals surface area (Å²) >= 11 is 1.27. The van der Waals surface area contributed by atoms with Gasteiger partial charge in [0.1, 0.15) is 11.5 Å². The van der Waals surface area contributed by atoms with Gasteiger partial charge in [0, 0.05) is 17.7 Å². The van der Waals surface area contributed by atoms with E-state index in [0.29, 0.717) is 22.3 Å². The molecule has 0 saturated carbocycles. The van der Waals surface area contributed by atoms with E-state index in [2.05, 4.69) is 24.6 Å². The molecule has 3 aromatic heterocycles. The summed E-state index contributed by atoms with van der Waals surface area (Å²) < 4.78 is 4.28. The quantitative estimate of drug-likeness (QED) is 0.768. The monoisotopic (exact) mass is 284 g/mol. The predicted molar refractivity (Wildman–Crippen MR) is 79.8 cm³/mol. The molecule has 3 aromatic rings. The van der Waals surface area contributed by atoms with Crippen molar-refractivity contribution in [3.05, 3.63) is 42.2 Å². The molecule has 100 valence electrons. The molecule has 20 heavy (non-hydrogen) atoms. The molecule has 0 aromatic carbocycles. The molecule has 6 nitrogen and oxygen atoms in total. The normalized spacial score (nSPS) is 10.4. The highest BCUT2D eigenvalue weighted by Gasteiger charge is 2.09. The lowest BCUT2D eigenvalue weighted by molar-refractivity contribution is 1.21. The zero-order chi connectivity index (χ0) is 13.9. The summed E-state index contributed by atoms with van der Waals surface area (Å²) in [6.45, 7) is 1.98. The zero-order valence-corrected chi connectivity index (χ0v) is 11.6. The Morgan fingerprint density at radius 1 is 1.20 bits per heavy atom. The van der Waals surface area contributed by atoms with Gasteiger partial charge in [-0.2, -0.15) is 9.36 Å². The van der Waals surface area contributed by atoms with Crippen LogP contribution in [-0.2, 0) is 0 Å². The Morgan fingerprint density at radius 2 is 2.10 bits per heavy atom. The number of nitrogen functional groups attached to an aromatic ring is 1. The van der Waals surface area contributed by atoms with Crippen LogP contribution in [0.15, 0.2) is 36.7 Å². The molecule has 0 unspecified atom stereocenters. The Labute approximate surface area is 119 Å². The molecule has 0 bridgehead atoms. The Bertz CT molecular complexity index is 722. The van der Waals surface area contributed by atoms with Crippen molar-refractivity contribution in [3.8, 4) is 11.5 Å². The van der Waals surface area contributed by atoms with Crippen molar-refractivity contribution >= 4 is 28.2 Å². The number of hydrogen-bond donors (Lipinski definition) is 2. The first-order valence-electron chi connectivity index (χ1n) is 5.96. The largest absolute Gasteiger partial charge is 0.397 e. The van der Waals surface area contributed by atoms with Crippen LogP contribution < -0.4 is 11.1 Å². The first-order chi connectivity index (χ1) is 9.72. The average molecular weight is 284 g/mol. The van der Waals surface area contributed by atoms with Crippen LogP contribution in [0.4, 0.5) is 16.6 Å². The number of aromatic nitrogens is 4. The smallest absolute Gasteiger partial charge is 0.208 e. The van der Waals surface area contributed by atoms with E-state index >= 15 is 0 Å². The fourth-order valence-corrected chi connectivity index (χ4v) is 2.21. The van der Waals surface area contributed by atoms with Crippen LogP contribution in [0.3, 0.4) is 0 Å². The van der Waals surface area contributed by atoms with Gasteiger partial charge in [0.05, 0.1) is 11.9 Å². The molecule has 0 aliphatic rings. The van der Waals surface area contributed by atoms with E-state index < -0.39 is 0 Å². The molecule has 0 amide bonds. The van der Waals surface area contributed by atoms with Gasteiger partial charge < -0.3 is 11.1 Å². The van der Waals surface area contributed by atoms with Gasteiger partial charge in [-0.05, 0) is 30.7 Å². The summed E-state index contributed by atoms with van der Waals surface area (Å²) in [6.07, 6.45) is 3.32. The summed E-state index contributed by atoms with van der Waals surface area (Å²) in [7, 11) is 0. The van der Waals surface area contributed by atoms with E-state index in [1.54, 1.807) is 24.5 Å². The summed E-state index contributed by atoms with van der Waals surface area (Å²) in [5.41, 5.74) is 7.97. The molecule has 3 heterocycles. The van der Waals surface area contributed by atoms with Crippen LogP contribution in [0.1, 0.15) is 5.56 Å². The first-order valence-corrected chi connectivity index (χ1v) is 6.74. The Hall–Kier alpha value is -2.54.